The average Bonchev–Trinajstić information content (AvgIpc) is 2.90. The van der Waals surface area contributed by atoms with Crippen LogP contribution in [0, 0.1) is 20.8 Å². The van der Waals surface area contributed by atoms with Gasteiger partial charge in [0, 0.05) is 21.1 Å². The number of ether oxygens (including phenoxy) is 1. The number of hydrogen-bond acceptors (Lipinski definition) is 4. The Morgan fingerprint density at radius 3 is 2.38 bits per heavy atom. The fourth-order valence-corrected chi connectivity index (χ4v) is 3.72. The van der Waals surface area contributed by atoms with E-state index in [0.29, 0.717) is 18.0 Å². The van der Waals surface area contributed by atoms with E-state index < -0.39 is 6.09 Å². The van der Waals surface area contributed by atoms with Gasteiger partial charge >= 0.3 is 12.1 Å². The van der Waals surface area contributed by atoms with E-state index in [9.17, 15) is 9.59 Å². The van der Waals surface area contributed by atoms with Crippen molar-refractivity contribution in [3.8, 4) is 0 Å². The topological polar surface area (TPSA) is 79.5 Å². The molecule has 0 aliphatic carbocycles. The fourth-order valence-electron chi connectivity index (χ4n) is 2.70. The minimum Gasteiger partial charge on any atom is -0.450 e. The highest BCUT2D eigenvalue weighted by Gasteiger charge is 2.15. The van der Waals surface area contributed by atoms with E-state index in [1.54, 1.807) is 36.5 Å². The van der Waals surface area contributed by atoms with Gasteiger partial charge < -0.3 is 15.4 Å². The maximum absolute atomic E-state index is 12.4. The van der Waals surface area contributed by atoms with Crippen LogP contribution in [0.3, 0.4) is 0 Å². The Bertz CT molecular complexity index is 801. The van der Waals surface area contributed by atoms with Crippen molar-refractivity contribution >= 4 is 34.8 Å². The lowest BCUT2D eigenvalue weighted by molar-refractivity contribution is 0.168. The van der Waals surface area contributed by atoms with E-state index in [4.69, 9.17) is 4.74 Å². The smallest absolute Gasteiger partial charge is 0.411 e. The average molecular weight is 375 g/mol. The number of thiophene rings is 1. The Hall–Kier alpha value is -2.54. The number of benzene rings is 1. The Balaban J connectivity index is 2.04. The number of amides is 3. The van der Waals surface area contributed by atoms with Crippen LogP contribution >= 0.6 is 11.3 Å². The van der Waals surface area contributed by atoms with Crippen molar-refractivity contribution in [2.24, 2.45) is 0 Å². The second-order valence-corrected chi connectivity index (χ2v) is 7.47. The van der Waals surface area contributed by atoms with Gasteiger partial charge in [0.2, 0.25) is 0 Å². The molecule has 0 spiro atoms. The lowest BCUT2D eigenvalue weighted by atomic mass is 10.1. The first-order chi connectivity index (χ1) is 12.3. The summed E-state index contributed by atoms with van der Waals surface area (Å²) in [6.07, 6.45) is -0.519. The first-order valence-electron chi connectivity index (χ1n) is 8.49. The predicted octanol–water partition coefficient (Wildman–Crippen LogP) is 5.12. The minimum absolute atomic E-state index is 0.0962. The van der Waals surface area contributed by atoms with Gasteiger partial charge in [0.15, 0.2) is 0 Å². The summed E-state index contributed by atoms with van der Waals surface area (Å²) in [6, 6.07) is 7.02. The second kappa shape index (κ2) is 8.71. The molecule has 3 N–H and O–H groups in total. The summed E-state index contributed by atoms with van der Waals surface area (Å²) >= 11 is 1.72. The van der Waals surface area contributed by atoms with Crippen molar-refractivity contribution in [2.45, 2.75) is 40.7 Å². The van der Waals surface area contributed by atoms with E-state index in [2.05, 4.69) is 35.9 Å². The summed E-state index contributed by atoms with van der Waals surface area (Å²) in [6.45, 7) is 9.93. The van der Waals surface area contributed by atoms with Gasteiger partial charge in [-0.05, 0) is 63.9 Å². The van der Waals surface area contributed by atoms with Gasteiger partial charge in [-0.3, -0.25) is 5.32 Å². The van der Waals surface area contributed by atoms with Gasteiger partial charge in [-0.2, -0.15) is 0 Å². The molecule has 0 fully saturated rings. The largest absolute Gasteiger partial charge is 0.450 e. The molecule has 1 heterocycles. The molecule has 2 aromatic rings. The van der Waals surface area contributed by atoms with Crippen molar-refractivity contribution in [1.82, 2.24) is 5.32 Å². The summed E-state index contributed by atoms with van der Waals surface area (Å²) in [5, 5.41) is 8.47. The molecule has 3 amide bonds. The van der Waals surface area contributed by atoms with Crippen molar-refractivity contribution in [3.05, 3.63) is 45.1 Å². The number of urea groups is 1. The number of anilines is 2. The molecular weight excluding hydrogens is 350 g/mol. The highest BCUT2D eigenvalue weighted by Crippen LogP contribution is 2.27. The second-order valence-electron chi connectivity index (χ2n) is 6.01. The first-order valence-corrected chi connectivity index (χ1v) is 9.31. The number of carbonyl (C=O) groups is 2. The molecule has 0 radical (unpaired) electrons. The number of nitrogens with one attached hydrogen (secondary N) is 3. The monoisotopic (exact) mass is 375 g/mol. The van der Waals surface area contributed by atoms with Crippen molar-refractivity contribution < 1.29 is 14.3 Å². The van der Waals surface area contributed by atoms with Crippen LogP contribution in [0.15, 0.2) is 24.3 Å². The molecule has 26 heavy (non-hydrogen) atoms. The summed E-state index contributed by atoms with van der Waals surface area (Å²) in [7, 11) is 0. The summed E-state index contributed by atoms with van der Waals surface area (Å²) < 4.78 is 4.89. The summed E-state index contributed by atoms with van der Waals surface area (Å²) in [5.41, 5.74) is 3.10. The third kappa shape index (κ3) is 4.98. The Labute approximate surface area is 157 Å². The standard InChI is InChI=1S/C19H25N3O3S/c1-6-25-19(24)22-17-9-7-8-16(12(17)3)21-18(23)20-13(4)15-10-11(2)26-14(15)5/h7-10,13H,6H2,1-5H3,(H,22,24)(H2,20,21,23). The molecule has 0 aliphatic heterocycles. The third-order valence-corrected chi connectivity index (χ3v) is 4.97. The number of aryl methyl sites for hydroxylation is 2. The zero-order valence-corrected chi connectivity index (χ0v) is 16.5. The molecule has 1 atom stereocenters. The highest BCUT2D eigenvalue weighted by molar-refractivity contribution is 7.12. The molecule has 1 aromatic heterocycles. The van der Waals surface area contributed by atoms with E-state index in [1.165, 1.54) is 9.75 Å². The minimum atomic E-state index is -0.519. The van der Waals surface area contributed by atoms with Crippen LogP contribution in [0.4, 0.5) is 21.0 Å². The molecule has 0 aliphatic rings. The molecule has 0 saturated heterocycles. The molecule has 1 aromatic carbocycles. The molecule has 7 heteroatoms. The van der Waals surface area contributed by atoms with Gasteiger partial charge in [-0.15, -0.1) is 11.3 Å². The van der Waals surface area contributed by atoms with E-state index in [1.807, 2.05) is 13.8 Å². The predicted molar refractivity (Wildman–Crippen MR) is 106 cm³/mol. The lowest BCUT2D eigenvalue weighted by Crippen LogP contribution is -2.31. The zero-order chi connectivity index (χ0) is 19.3. The lowest BCUT2D eigenvalue weighted by Gasteiger charge is -2.17. The number of rotatable bonds is 5. The molecule has 6 nitrogen and oxygen atoms in total. The summed E-state index contributed by atoms with van der Waals surface area (Å²) in [4.78, 5) is 26.4. The van der Waals surface area contributed by atoms with Crippen LogP contribution in [0.2, 0.25) is 0 Å². The number of hydrogen-bond donors (Lipinski definition) is 3. The van der Waals surface area contributed by atoms with Gasteiger partial charge in [0.25, 0.3) is 0 Å². The molecule has 2 rings (SSSR count). The van der Waals surface area contributed by atoms with Crippen LogP contribution in [0.5, 0.6) is 0 Å². The van der Waals surface area contributed by atoms with Gasteiger partial charge in [-0.25, -0.2) is 9.59 Å². The summed E-state index contributed by atoms with van der Waals surface area (Å²) in [5.74, 6) is 0. The quantitative estimate of drug-likeness (QED) is 0.678. The Morgan fingerprint density at radius 2 is 1.81 bits per heavy atom. The zero-order valence-electron chi connectivity index (χ0n) is 15.7. The van der Waals surface area contributed by atoms with Crippen molar-refractivity contribution in [1.29, 1.82) is 0 Å². The fraction of sp³-hybridized carbons (Fsp3) is 0.368. The maximum atomic E-state index is 12.4. The third-order valence-electron chi connectivity index (χ3n) is 3.99. The van der Waals surface area contributed by atoms with Gasteiger partial charge in [-0.1, -0.05) is 6.07 Å². The maximum Gasteiger partial charge on any atom is 0.411 e. The van der Waals surface area contributed by atoms with E-state index >= 15 is 0 Å². The van der Waals surface area contributed by atoms with Gasteiger partial charge in [0.1, 0.15) is 0 Å². The van der Waals surface area contributed by atoms with Crippen LogP contribution in [-0.4, -0.2) is 18.7 Å². The van der Waals surface area contributed by atoms with Crippen LogP contribution in [-0.2, 0) is 4.74 Å². The van der Waals surface area contributed by atoms with E-state index in [-0.39, 0.29) is 12.1 Å². The van der Waals surface area contributed by atoms with Crippen LogP contribution in [0.1, 0.15) is 40.8 Å². The van der Waals surface area contributed by atoms with Crippen LogP contribution in [0.25, 0.3) is 0 Å². The molecule has 140 valence electrons. The Morgan fingerprint density at radius 1 is 1.15 bits per heavy atom. The van der Waals surface area contributed by atoms with Gasteiger partial charge in [0.05, 0.1) is 12.6 Å². The normalized spacial score (nSPS) is 11.6. The molecule has 0 bridgehead atoms. The first kappa shape index (κ1) is 19.8. The number of carbonyl (C=O) groups excluding carboxylic acids is 2. The SMILES string of the molecule is CCOC(=O)Nc1cccc(NC(=O)NC(C)c2cc(C)sc2C)c1C. The highest BCUT2D eigenvalue weighted by atomic mass is 32.1. The van der Waals surface area contributed by atoms with E-state index in [0.717, 1.165) is 11.1 Å². The van der Waals surface area contributed by atoms with Crippen molar-refractivity contribution in [2.75, 3.05) is 17.2 Å². The van der Waals surface area contributed by atoms with Crippen LogP contribution < -0.4 is 16.0 Å². The molecule has 1 unspecified atom stereocenters. The van der Waals surface area contributed by atoms with Crippen molar-refractivity contribution in [3.63, 3.8) is 0 Å². The molecular formula is C19H25N3O3S. The Kier molecular flexibility index (Phi) is 6.63. The molecule has 0 saturated carbocycles.